The summed E-state index contributed by atoms with van der Waals surface area (Å²) < 4.78 is 39.6. The summed E-state index contributed by atoms with van der Waals surface area (Å²) >= 11 is -0.455. The smallest absolute Gasteiger partial charge is 0.447 e. The van der Waals surface area contributed by atoms with Crippen LogP contribution in [0.5, 0.6) is 0 Å². The zero-order valence-electron chi connectivity index (χ0n) is 6.63. The first-order valence-corrected chi connectivity index (χ1v) is 3.86. The van der Waals surface area contributed by atoms with Crippen molar-refractivity contribution < 1.29 is 17.9 Å². The Morgan fingerprint density at radius 3 is 2.54 bits per heavy atom. The van der Waals surface area contributed by atoms with Gasteiger partial charge in [-0.2, -0.15) is 18.4 Å². The zero-order valence-corrected chi connectivity index (χ0v) is 7.45. The number of thioether (sulfide) groups is 1. The predicted molar refractivity (Wildman–Crippen MR) is 43.5 cm³/mol. The van der Waals surface area contributed by atoms with E-state index in [0.717, 1.165) is 6.08 Å². The Balaban J connectivity index is 4.29. The van der Waals surface area contributed by atoms with Gasteiger partial charge in [-0.15, -0.1) is 0 Å². The number of rotatable bonds is 3. The molecule has 0 spiro atoms. The quantitative estimate of drug-likeness (QED) is 0.407. The van der Waals surface area contributed by atoms with E-state index in [-0.39, 0.29) is 0 Å². The molecule has 0 aliphatic rings. The van der Waals surface area contributed by atoms with Gasteiger partial charge in [-0.1, -0.05) is 0 Å². The first-order valence-electron chi connectivity index (χ1n) is 3.05. The molecule has 0 heterocycles. The first-order chi connectivity index (χ1) is 5.99. The summed E-state index contributed by atoms with van der Waals surface area (Å²) in [5.74, 6) is 0. The van der Waals surface area contributed by atoms with Crippen LogP contribution in [-0.2, 0) is 4.74 Å². The number of ether oxygens (including phenoxy) is 1. The van der Waals surface area contributed by atoms with Crippen LogP contribution in [0, 0.1) is 11.3 Å². The minimum atomic E-state index is -4.43. The van der Waals surface area contributed by atoms with Gasteiger partial charge >= 0.3 is 5.51 Å². The number of methoxy groups -OCH3 is 1. The summed E-state index contributed by atoms with van der Waals surface area (Å²) in [7, 11) is 1.35. The summed E-state index contributed by atoms with van der Waals surface area (Å²) in [5, 5.41) is 8.27. The lowest BCUT2D eigenvalue weighted by Gasteiger charge is -2.01. The van der Waals surface area contributed by atoms with Gasteiger partial charge in [-0.25, -0.2) is 0 Å². The maximum Gasteiger partial charge on any atom is 0.447 e. The van der Waals surface area contributed by atoms with Crippen molar-refractivity contribution in [2.24, 2.45) is 0 Å². The summed E-state index contributed by atoms with van der Waals surface area (Å²) in [4.78, 5) is -0.430. The van der Waals surface area contributed by atoms with Crippen molar-refractivity contribution in [1.82, 2.24) is 0 Å². The molecule has 0 aromatic rings. The lowest BCUT2D eigenvalue weighted by Crippen LogP contribution is -1.99. The highest BCUT2D eigenvalue weighted by molar-refractivity contribution is 8.04. The van der Waals surface area contributed by atoms with Gasteiger partial charge in [0.05, 0.1) is 18.3 Å². The van der Waals surface area contributed by atoms with Crippen molar-refractivity contribution in [2.45, 2.75) is 5.51 Å². The largest absolute Gasteiger partial charge is 0.504 e. The van der Waals surface area contributed by atoms with E-state index in [1.807, 2.05) is 0 Å². The SMILES string of the molecule is CO/C=C/C=C(\C#N)SC(F)(F)F. The summed E-state index contributed by atoms with van der Waals surface area (Å²) in [5.41, 5.74) is -4.43. The summed E-state index contributed by atoms with van der Waals surface area (Å²) in [6.07, 6.45) is 3.42. The Bertz CT molecular complexity index is 251. The predicted octanol–water partition coefficient (Wildman–Crippen LogP) is 2.81. The molecule has 0 aromatic carbocycles. The average Bonchev–Trinajstić information content (AvgIpc) is 2.01. The molecule has 0 unspecified atom stereocenters. The van der Waals surface area contributed by atoms with Gasteiger partial charge in [-0.05, 0) is 23.9 Å². The number of nitrogens with zero attached hydrogens (tertiary/aromatic N) is 1. The van der Waals surface area contributed by atoms with E-state index in [0.29, 0.717) is 0 Å². The third kappa shape index (κ3) is 7.28. The van der Waals surface area contributed by atoms with Crippen LogP contribution in [0.2, 0.25) is 0 Å². The first kappa shape index (κ1) is 11.9. The van der Waals surface area contributed by atoms with Gasteiger partial charge in [0.1, 0.15) is 6.07 Å². The number of halogens is 3. The van der Waals surface area contributed by atoms with Crippen LogP contribution in [0.15, 0.2) is 23.3 Å². The van der Waals surface area contributed by atoms with Crippen molar-refractivity contribution in [3.8, 4) is 6.07 Å². The second kappa shape index (κ2) is 5.54. The topological polar surface area (TPSA) is 33.0 Å². The third-order valence-corrected chi connectivity index (χ3v) is 1.48. The normalized spacial score (nSPS) is 13.0. The molecule has 0 saturated heterocycles. The fraction of sp³-hybridized carbons (Fsp3) is 0.286. The number of alkyl halides is 3. The zero-order chi connectivity index (χ0) is 10.3. The Labute approximate surface area is 77.7 Å². The Hall–Kier alpha value is -1.09. The molecule has 13 heavy (non-hydrogen) atoms. The van der Waals surface area contributed by atoms with Crippen LogP contribution in [0.1, 0.15) is 0 Å². The van der Waals surface area contributed by atoms with E-state index in [4.69, 9.17) is 5.26 Å². The second-order valence-corrected chi connectivity index (χ2v) is 2.86. The van der Waals surface area contributed by atoms with E-state index in [1.165, 1.54) is 25.5 Å². The third-order valence-electron chi connectivity index (χ3n) is 0.798. The van der Waals surface area contributed by atoms with E-state index >= 15 is 0 Å². The average molecular weight is 209 g/mol. The highest BCUT2D eigenvalue weighted by Crippen LogP contribution is 2.35. The Kier molecular flexibility index (Phi) is 5.07. The highest BCUT2D eigenvalue weighted by Gasteiger charge is 2.30. The molecule has 0 aliphatic carbocycles. The Morgan fingerprint density at radius 1 is 1.54 bits per heavy atom. The monoisotopic (exact) mass is 209 g/mol. The molecule has 0 atom stereocenters. The molecule has 2 nitrogen and oxygen atoms in total. The van der Waals surface area contributed by atoms with Crippen LogP contribution >= 0.6 is 11.8 Å². The molecule has 0 saturated carbocycles. The van der Waals surface area contributed by atoms with E-state index in [2.05, 4.69) is 4.74 Å². The van der Waals surface area contributed by atoms with Gasteiger partial charge in [0.15, 0.2) is 0 Å². The molecule has 72 valence electrons. The maximum atomic E-state index is 11.7. The van der Waals surface area contributed by atoms with Crippen LogP contribution in [0.3, 0.4) is 0 Å². The molecule has 0 amide bonds. The number of hydrogen-bond acceptors (Lipinski definition) is 3. The van der Waals surface area contributed by atoms with E-state index < -0.39 is 22.2 Å². The highest BCUT2D eigenvalue weighted by atomic mass is 32.2. The van der Waals surface area contributed by atoms with Gasteiger partial charge in [-0.3, -0.25) is 0 Å². The molecule has 0 aliphatic heterocycles. The van der Waals surface area contributed by atoms with Crippen molar-refractivity contribution in [2.75, 3.05) is 7.11 Å². The lowest BCUT2D eigenvalue weighted by atomic mass is 10.5. The Morgan fingerprint density at radius 2 is 2.15 bits per heavy atom. The fourth-order valence-corrected chi connectivity index (χ4v) is 0.866. The van der Waals surface area contributed by atoms with Crippen molar-refractivity contribution >= 4 is 11.8 Å². The number of nitriles is 1. The second-order valence-electron chi connectivity index (χ2n) is 1.75. The van der Waals surface area contributed by atoms with Crippen LogP contribution in [0.25, 0.3) is 0 Å². The molecule has 0 N–H and O–H groups in total. The molecule has 6 heteroatoms. The van der Waals surface area contributed by atoms with Gasteiger partial charge in [0.2, 0.25) is 0 Å². The van der Waals surface area contributed by atoms with Crippen LogP contribution in [-0.4, -0.2) is 12.6 Å². The lowest BCUT2D eigenvalue weighted by molar-refractivity contribution is -0.0321. The molecule has 0 fully saturated rings. The van der Waals surface area contributed by atoms with E-state index in [9.17, 15) is 13.2 Å². The van der Waals surface area contributed by atoms with Crippen molar-refractivity contribution in [1.29, 1.82) is 5.26 Å². The fourth-order valence-electron chi connectivity index (χ4n) is 0.424. The van der Waals surface area contributed by atoms with Gasteiger partial charge in [0.25, 0.3) is 0 Å². The minimum Gasteiger partial charge on any atom is -0.504 e. The minimum absolute atomic E-state index is 0.430. The number of allylic oxidation sites excluding steroid dienone is 3. The molecule has 0 bridgehead atoms. The van der Waals surface area contributed by atoms with Crippen molar-refractivity contribution in [3.63, 3.8) is 0 Å². The van der Waals surface area contributed by atoms with Gasteiger partial charge < -0.3 is 4.74 Å². The molecular weight excluding hydrogens is 203 g/mol. The number of hydrogen-bond donors (Lipinski definition) is 0. The summed E-state index contributed by atoms with van der Waals surface area (Å²) in [6.45, 7) is 0. The standard InChI is InChI=1S/C7H6F3NOS/c1-12-4-2-3-6(5-11)13-7(8,9)10/h2-4H,1H3/b4-2+,6-3+. The van der Waals surface area contributed by atoms with Crippen molar-refractivity contribution in [3.05, 3.63) is 23.3 Å². The van der Waals surface area contributed by atoms with Crippen LogP contribution in [0.4, 0.5) is 13.2 Å². The van der Waals surface area contributed by atoms with Crippen LogP contribution < -0.4 is 0 Å². The summed E-state index contributed by atoms with van der Waals surface area (Å²) in [6, 6.07) is 1.41. The van der Waals surface area contributed by atoms with E-state index in [1.54, 1.807) is 0 Å². The maximum absolute atomic E-state index is 11.7. The molecular formula is C7H6F3NOS. The molecule has 0 aromatic heterocycles. The van der Waals surface area contributed by atoms with Gasteiger partial charge in [0, 0.05) is 0 Å². The molecule has 0 rings (SSSR count). The molecule has 0 radical (unpaired) electrons.